The Morgan fingerprint density at radius 3 is 1.31 bits per heavy atom. The number of methoxy groups -OCH3 is 1. The fraction of sp³-hybridized carbons (Fsp3) is 0.913. The lowest BCUT2D eigenvalue weighted by Gasteiger charge is -2.04. The molecule has 0 saturated carbocycles. The molecule has 0 aromatic carbocycles. The summed E-state index contributed by atoms with van der Waals surface area (Å²) >= 11 is 0. The monoisotopic (exact) mass is 368 g/mol. The van der Waals surface area contributed by atoms with Crippen LogP contribution in [0.4, 0.5) is 0 Å². The van der Waals surface area contributed by atoms with E-state index in [1.807, 2.05) is 0 Å². The zero-order valence-corrected chi connectivity index (χ0v) is 17.7. The van der Waals surface area contributed by atoms with E-state index in [-0.39, 0.29) is 5.97 Å². The van der Waals surface area contributed by atoms with Crippen molar-refractivity contribution < 1.29 is 14.3 Å². The molecule has 0 aromatic heterocycles. The number of rotatable bonds is 20. The molecule has 0 aliphatic heterocycles. The predicted molar refractivity (Wildman–Crippen MR) is 110 cm³/mol. The van der Waals surface area contributed by atoms with Gasteiger partial charge in [0.1, 0.15) is 5.78 Å². The van der Waals surface area contributed by atoms with Crippen LogP contribution in [0.1, 0.15) is 129 Å². The maximum Gasteiger partial charge on any atom is 0.305 e. The van der Waals surface area contributed by atoms with Crippen LogP contribution >= 0.6 is 0 Å². The van der Waals surface area contributed by atoms with Gasteiger partial charge in [-0.25, -0.2) is 0 Å². The number of esters is 1. The first kappa shape index (κ1) is 25.1. The molecule has 0 bridgehead atoms. The summed E-state index contributed by atoms with van der Waals surface area (Å²) in [4.78, 5) is 22.7. The van der Waals surface area contributed by atoms with Crippen molar-refractivity contribution in [3.63, 3.8) is 0 Å². The molecular weight excluding hydrogens is 324 g/mol. The minimum absolute atomic E-state index is 0.176. The van der Waals surface area contributed by atoms with Crippen molar-refractivity contribution in [2.24, 2.45) is 0 Å². The highest BCUT2D eigenvalue weighted by Crippen LogP contribution is 2.14. The van der Waals surface area contributed by atoms with Gasteiger partial charge in [-0.1, -0.05) is 90.4 Å². The first-order chi connectivity index (χ1) is 12.7. The maximum absolute atomic E-state index is 11.8. The number of Topliss-reactive ketones (excluding diaryl/α,β-unsaturated/α-hetero) is 1. The molecule has 0 unspecified atom stereocenters. The van der Waals surface area contributed by atoms with Crippen molar-refractivity contribution in [1.82, 2.24) is 0 Å². The summed E-state index contributed by atoms with van der Waals surface area (Å²) in [6.07, 6.45) is 22.2. The van der Waals surface area contributed by atoms with Crippen LogP contribution in [-0.4, -0.2) is 18.9 Å². The van der Waals surface area contributed by atoms with Crippen LogP contribution in [0.5, 0.6) is 0 Å². The van der Waals surface area contributed by atoms with Crippen molar-refractivity contribution in [3.05, 3.63) is 0 Å². The van der Waals surface area contributed by atoms with Gasteiger partial charge in [0.2, 0.25) is 0 Å². The standard InChI is InChI=1S/C23H44O3/c1-3-4-5-6-7-8-9-10-11-12-13-14-15-16-19-22(24)20-17-18-21-23(25)26-2/h3-21H2,1-2H3. The highest BCUT2D eigenvalue weighted by Gasteiger charge is 2.04. The van der Waals surface area contributed by atoms with Gasteiger partial charge in [0, 0.05) is 19.3 Å². The van der Waals surface area contributed by atoms with E-state index in [9.17, 15) is 9.59 Å². The van der Waals surface area contributed by atoms with Crippen LogP contribution in [-0.2, 0) is 14.3 Å². The quantitative estimate of drug-likeness (QED) is 0.169. The molecule has 0 spiro atoms. The fourth-order valence-electron chi connectivity index (χ4n) is 3.34. The first-order valence-corrected chi connectivity index (χ1v) is 11.3. The van der Waals surface area contributed by atoms with Crippen LogP contribution < -0.4 is 0 Å². The summed E-state index contributed by atoms with van der Waals surface area (Å²) in [5.41, 5.74) is 0. The van der Waals surface area contributed by atoms with Gasteiger partial charge in [0.05, 0.1) is 7.11 Å². The molecule has 3 heteroatoms. The van der Waals surface area contributed by atoms with Gasteiger partial charge in [-0.15, -0.1) is 0 Å². The normalized spacial score (nSPS) is 10.8. The van der Waals surface area contributed by atoms with Gasteiger partial charge in [-0.3, -0.25) is 9.59 Å². The zero-order chi connectivity index (χ0) is 19.3. The van der Waals surface area contributed by atoms with E-state index in [0.29, 0.717) is 18.6 Å². The molecule has 0 aromatic rings. The Morgan fingerprint density at radius 1 is 0.538 bits per heavy atom. The van der Waals surface area contributed by atoms with E-state index in [1.54, 1.807) is 0 Å². The minimum Gasteiger partial charge on any atom is -0.469 e. The van der Waals surface area contributed by atoms with E-state index in [4.69, 9.17) is 0 Å². The minimum atomic E-state index is -0.176. The Bertz CT molecular complexity index is 325. The zero-order valence-electron chi connectivity index (χ0n) is 17.7. The summed E-state index contributed by atoms with van der Waals surface area (Å²) in [7, 11) is 1.41. The summed E-state index contributed by atoms with van der Waals surface area (Å²) in [5.74, 6) is 0.179. The van der Waals surface area contributed by atoms with Crippen LogP contribution in [0.3, 0.4) is 0 Å². The summed E-state index contributed by atoms with van der Waals surface area (Å²) in [5, 5.41) is 0. The van der Waals surface area contributed by atoms with Crippen molar-refractivity contribution in [2.75, 3.05) is 7.11 Å². The number of unbranched alkanes of at least 4 members (excludes halogenated alkanes) is 14. The van der Waals surface area contributed by atoms with Gasteiger partial charge < -0.3 is 4.74 Å². The third-order valence-corrected chi connectivity index (χ3v) is 5.12. The lowest BCUT2D eigenvalue weighted by molar-refractivity contribution is -0.140. The molecule has 0 N–H and O–H groups in total. The van der Waals surface area contributed by atoms with Crippen molar-refractivity contribution in [1.29, 1.82) is 0 Å². The maximum atomic E-state index is 11.8. The fourth-order valence-corrected chi connectivity index (χ4v) is 3.34. The summed E-state index contributed by atoms with van der Waals surface area (Å²) < 4.78 is 4.59. The Kier molecular flexibility index (Phi) is 19.8. The third-order valence-electron chi connectivity index (χ3n) is 5.12. The van der Waals surface area contributed by atoms with Gasteiger partial charge >= 0.3 is 5.97 Å². The number of carbonyl (C=O) groups excluding carboxylic acids is 2. The number of hydrogen-bond acceptors (Lipinski definition) is 3. The Hall–Kier alpha value is -0.860. The highest BCUT2D eigenvalue weighted by molar-refractivity contribution is 5.78. The van der Waals surface area contributed by atoms with Crippen molar-refractivity contribution in [3.8, 4) is 0 Å². The Labute approximate surface area is 162 Å². The molecule has 0 saturated heterocycles. The molecule has 0 rings (SSSR count). The molecule has 0 amide bonds. The van der Waals surface area contributed by atoms with Crippen LogP contribution in [0, 0.1) is 0 Å². The molecule has 154 valence electrons. The van der Waals surface area contributed by atoms with Crippen LogP contribution in [0.2, 0.25) is 0 Å². The second-order valence-corrected chi connectivity index (χ2v) is 7.67. The largest absolute Gasteiger partial charge is 0.469 e. The van der Waals surface area contributed by atoms with Gasteiger partial charge in [0.15, 0.2) is 0 Å². The summed E-state index contributed by atoms with van der Waals surface area (Å²) in [6.45, 7) is 2.27. The molecule has 0 fully saturated rings. The van der Waals surface area contributed by atoms with Gasteiger partial charge in [-0.05, 0) is 19.3 Å². The molecule has 0 radical (unpaired) electrons. The molecule has 26 heavy (non-hydrogen) atoms. The first-order valence-electron chi connectivity index (χ1n) is 11.3. The summed E-state index contributed by atoms with van der Waals surface area (Å²) in [6, 6.07) is 0. The van der Waals surface area contributed by atoms with Crippen LogP contribution in [0.15, 0.2) is 0 Å². The topological polar surface area (TPSA) is 43.4 Å². The Morgan fingerprint density at radius 2 is 0.885 bits per heavy atom. The number of ether oxygens (including phenoxy) is 1. The van der Waals surface area contributed by atoms with Crippen molar-refractivity contribution in [2.45, 2.75) is 129 Å². The molecule has 0 aliphatic carbocycles. The predicted octanol–water partition coefficient (Wildman–Crippen LogP) is 7.16. The molecule has 0 atom stereocenters. The lowest BCUT2D eigenvalue weighted by atomic mass is 10.0. The van der Waals surface area contributed by atoms with E-state index in [1.165, 1.54) is 90.6 Å². The molecule has 3 nitrogen and oxygen atoms in total. The molecule has 0 heterocycles. The number of carbonyl (C=O) groups is 2. The van der Waals surface area contributed by atoms with Gasteiger partial charge in [-0.2, -0.15) is 0 Å². The second kappa shape index (κ2) is 20.5. The highest BCUT2D eigenvalue weighted by atomic mass is 16.5. The van der Waals surface area contributed by atoms with Crippen LogP contribution in [0.25, 0.3) is 0 Å². The SMILES string of the molecule is CCCCCCCCCCCCCCCCC(=O)CCCCC(=O)OC. The van der Waals surface area contributed by atoms with E-state index in [2.05, 4.69) is 11.7 Å². The third kappa shape index (κ3) is 19.5. The average molecular weight is 369 g/mol. The second-order valence-electron chi connectivity index (χ2n) is 7.67. The van der Waals surface area contributed by atoms with Crippen molar-refractivity contribution >= 4 is 11.8 Å². The smallest absolute Gasteiger partial charge is 0.305 e. The Balaban J connectivity index is 3.16. The van der Waals surface area contributed by atoms with E-state index in [0.717, 1.165) is 25.7 Å². The molecular formula is C23H44O3. The number of hydrogen-bond donors (Lipinski definition) is 0. The van der Waals surface area contributed by atoms with Gasteiger partial charge in [0.25, 0.3) is 0 Å². The number of ketones is 1. The van der Waals surface area contributed by atoms with E-state index >= 15 is 0 Å². The lowest BCUT2D eigenvalue weighted by Crippen LogP contribution is -2.01. The van der Waals surface area contributed by atoms with E-state index < -0.39 is 0 Å². The molecule has 0 aliphatic rings. The average Bonchev–Trinajstić information content (AvgIpc) is 2.65.